The Bertz CT molecular complexity index is 1170. The first-order chi connectivity index (χ1) is 17.5. The summed E-state index contributed by atoms with van der Waals surface area (Å²) in [6, 6.07) is 5.28. The summed E-state index contributed by atoms with van der Waals surface area (Å²) in [5.41, 5.74) is 1.45. The number of rotatable bonds is 6. The van der Waals surface area contributed by atoms with Crippen LogP contribution in [0.1, 0.15) is 54.4 Å². The third kappa shape index (κ3) is 4.41. The van der Waals surface area contributed by atoms with Crippen molar-refractivity contribution in [2.45, 2.75) is 69.4 Å². The highest BCUT2D eigenvalue weighted by Gasteiger charge is 2.41. The summed E-state index contributed by atoms with van der Waals surface area (Å²) in [7, 11) is 0. The molecular formula is C26H29N5O5. The van der Waals surface area contributed by atoms with Crippen molar-refractivity contribution in [1.29, 1.82) is 0 Å². The van der Waals surface area contributed by atoms with Crippen molar-refractivity contribution >= 4 is 17.7 Å². The van der Waals surface area contributed by atoms with Crippen LogP contribution in [0.3, 0.4) is 0 Å². The summed E-state index contributed by atoms with van der Waals surface area (Å²) < 4.78 is 12.4. The SMILES string of the molecule is O=C1CCC(N2Cc3cc(O[C@@H]4CCCC[C@@H]4N4CC(Oc5cnccn5)C4)ccc3C2=O)C(=O)N1. The number of benzene rings is 1. The maximum Gasteiger partial charge on any atom is 0.255 e. The lowest BCUT2D eigenvalue weighted by atomic mass is 9.89. The molecule has 1 aliphatic carbocycles. The van der Waals surface area contributed by atoms with E-state index in [-0.39, 0.29) is 30.4 Å². The van der Waals surface area contributed by atoms with E-state index in [2.05, 4.69) is 20.2 Å². The molecule has 6 rings (SSSR count). The van der Waals surface area contributed by atoms with Crippen LogP contribution in [-0.2, 0) is 16.1 Å². The quantitative estimate of drug-likeness (QED) is 0.608. The number of imide groups is 1. The van der Waals surface area contributed by atoms with Crippen molar-refractivity contribution in [2.24, 2.45) is 0 Å². The second-order valence-electron chi connectivity index (χ2n) is 9.96. The van der Waals surface area contributed by atoms with Crippen molar-refractivity contribution < 1.29 is 23.9 Å². The minimum Gasteiger partial charge on any atom is -0.489 e. The van der Waals surface area contributed by atoms with E-state index in [9.17, 15) is 14.4 Å². The van der Waals surface area contributed by atoms with Gasteiger partial charge in [0, 0.05) is 50.1 Å². The number of likely N-dealkylation sites (tertiary alicyclic amines) is 1. The molecule has 2 saturated heterocycles. The predicted molar refractivity (Wildman–Crippen MR) is 127 cm³/mol. The van der Waals surface area contributed by atoms with Crippen LogP contribution >= 0.6 is 0 Å². The molecule has 0 bridgehead atoms. The molecule has 1 aromatic heterocycles. The average molecular weight is 492 g/mol. The number of ether oxygens (including phenoxy) is 2. The topological polar surface area (TPSA) is 114 Å². The zero-order chi connectivity index (χ0) is 24.6. The first-order valence-corrected chi connectivity index (χ1v) is 12.7. The molecule has 188 valence electrons. The van der Waals surface area contributed by atoms with E-state index in [1.54, 1.807) is 29.6 Å². The minimum atomic E-state index is -0.613. The number of nitrogens with one attached hydrogen (secondary N) is 1. The van der Waals surface area contributed by atoms with Crippen molar-refractivity contribution in [3.63, 3.8) is 0 Å². The van der Waals surface area contributed by atoms with Crippen LogP contribution in [-0.4, -0.2) is 74.9 Å². The van der Waals surface area contributed by atoms with Crippen molar-refractivity contribution in [3.05, 3.63) is 47.9 Å². The first-order valence-electron chi connectivity index (χ1n) is 12.7. The summed E-state index contributed by atoms with van der Waals surface area (Å²) in [6.45, 7) is 2.01. The summed E-state index contributed by atoms with van der Waals surface area (Å²) in [5.74, 6) is 0.447. The Kier molecular flexibility index (Phi) is 6.04. The van der Waals surface area contributed by atoms with Crippen molar-refractivity contribution in [2.75, 3.05) is 13.1 Å². The molecule has 4 heterocycles. The van der Waals surface area contributed by atoms with E-state index in [4.69, 9.17) is 9.47 Å². The number of hydrogen-bond acceptors (Lipinski definition) is 8. The Hall–Kier alpha value is -3.53. The van der Waals surface area contributed by atoms with Gasteiger partial charge in [-0.2, -0.15) is 0 Å². The molecule has 1 aromatic carbocycles. The first kappa shape index (κ1) is 22.9. The van der Waals surface area contributed by atoms with Crippen LogP contribution in [0.25, 0.3) is 0 Å². The molecule has 4 aliphatic rings. The Morgan fingerprint density at radius 1 is 1.00 bits per heavy atom. The van der Waals surface area contributed by atoms with E-state index < -0.39 is 11.9 Å². The average Bonchev–Trinajstić information content (AvgIpc) is 3.18. The van der Waals surface area contributed by atoms with Gasteiger partial charge in [-0.1, -0.05) is 6.42 Å². The monoisotopic (exact) mass is 491 g/mol. The van der Waals surface area contributed by atoms with Gasteiger partial charge in [0.2, 0.25) is 17.7 Å². The van der Waals surface area contributed by atoms with Crippen LogP contribution in [0.15, 0.2) is 36.8 Å². The van der Waals surface area contributed by atoms with Gasteiger partial charge in [0.25, 0.3) is 5.91 Å². The predicted octanol–water partition coefficient (Wildman–Crippen LogP) is 1.69. The largest absolute Gasteiger partial charge is 0.489 e. The highest BCUT2D eigenvalue weighted by atomic mass is 16.5. The molecule has 36 heavy (non-hydrogen) atoms. The molecule has 3 amide bonds. The number of carbonyl (C=O) groups excluding carboxylic acids is 3. The lowest BCUT2D eigenvalue weighted by Crippen LogP contribution is -2.62. The van der Waals surface area contributed by atoms with Gasteiger partial charge < -0.3 is 14.4 Å². The van der Waals surface area contributed by atoms with Gasteiger partial charge in [0.05, 0.1) is 6.20 Å². The zero-order valence-electron chi connectivity index (χ0n) is 20.0. The molecule has 10 heteroatoms. The molecule has 3 atom stereocenters. The Labute approximate surface area is 209 Å². The highest BCUT2D eigenvalue weighted by Crippen LogP contribution is 2.34. The molecular weight excluding hydrogens is 462 g/mol. The van der Waals surface area contributed by atoms with Gasteiger partial charge in [0.15, 0.2) is 0 Å². The summed E-state index contributed by atoms with van der Waals surface area (Å²) in [4.78, 5) is 49.0. The number of carbonyl (C=O) groups is 3. The number of nitrogens with zero attached hydrogens (tertiary/aromatic N) is 4. The molecule has 10 nitrogen and oxygen atoms in total. The van der Waals surface area contributed by atoms with Crippen LogP contribution < -0.4 is 14.8 Å². The van der Waals surface area contributed by atoms with E-state index in [1.165, 1.54) is 6.42 Å². The van der Waals surface area contributed by atoms with E-state index >= 15 is 0 Å². The molecule has 0 radical (unpaired) electrons. The van der Waals surface area contributed by atoms with E-state index in [0.717, 1.165) is 43.7 Å². The fourth-order valence-corrected chi connectivity index (χ4v) is 5.76. The molecule has 1 saturated carbocycles. The molecule has 2 aromatic rings. The lowest BCUT2D eigenvalue weighted by molar-refractivity contribution is -0.136. The van der Waals surface area contributed by atoms with Crippen LogP contribution in [0, 0.1) is 0 Å². The number of amides is 3. The summed E-state index contributed by atoms with van der Waals surface area (Å²) in [6.07, 6.45) is 10.0. The number of hydrogen-bond donors (Lipinski definition) is 1. The Morgan fingerprint density at radius 2 is 1.86 bits per heavy atom. The summed E-state index contributed by atoms with van der Waals surface area (Å²) in [5, 5.41) is 2.35. The van der Waals surface area contributed by atoms with E-state index in [1.807, 2.05) is 12.1 Å². The van der Waals surface area contributed by atoms with Gasteiger partial charge >= 0.3 is 0 Å². The third-order valence-electron chi connectivity index (χ3n) is 7.62. The normalized spacial score (nSPS) is 26.8. The van der Waals surface area contributed by atoms with Gasteiger partial charge in [-0.25, -0.2) is 4.98 Å². The van der Waals surface area contributed by atoms with Crippen LogP contribution in [0.5, 0.6) is 11.6 Å². The Morgan fingerprint density at radius 3 is 2.67 bits per heavy atom. The molecule has 1 N–H and O–H groups in total. The van der Waals surface area contributed by atoms with Crippen LogP contribution in [0.4, 0.5) is 0 Å². The van der Waals surface area contributed by atoms with Gasteiger partial charge in [0.1, 0.15) is 24.0 Å². The van der Waals surface area contributed by atoms with Gasteiger partial charge in [-0.15, -0.1) is 0 Å². The second kappa shape index (κ2) is 9.50. The molecule has 1 unspecified atom stereocenters. The van der Waals surface area contributed by atoms with Gasteiger partial charge in [-0.3, -0.25) is 29.6 Å². The van der Waals surface area contributed by atoms with Gasteiger partial charge in [-0.05, 0) is 49.4 Å². The fraction of sp³-hybridized carbons (Fsp3) is 0.500. The summed E-state index contributed by atoms with van der Waals surface area (Å²) >= 11 is 0. The number of fused-ring (bicyclic) bond motifs is 1. The minimum absolute atomic E-state index is 0.0672. The fourth-order valence-electron chi connectivity index (χ4n) is 5.76. The molecule has 3 aliphatic heterocycles. The zero-order valence-corrected chi connectivity index (χ0v) is 20.0. The second-order valence-corrected chi connectivity index (χ2v) is 9.96. The standard InChI is InChI=1S/C26H29N5O5/c32-23-8-7-21(25(33)29-23)31-13-16-11-17(5-6-19(16)26(31)34)35-22-4-2-1-3-20(22)30-14-18(15-30)36-24-12-27-9-10-28-24/h5-6,9-12,18,20-22H,1-4,7-8,13-15H2,(H,29,32,33)/t20-,21?,22+/m0/s1. The number of piperidine rings is 1. The molecule has 0 spiro atoms. The van der Waals surface area contributed by atoms with Crippen molar-refractivity contribution in [1.82, 2.24) is 25.1 Å². The van der Waals surface area contributed by atoms with E-state index in [0.29, 0.717) is 30.5 Å². The van der Waals surface area contributed by atoms with Crippen LogP contribution in [0.2, 0.25) is 0 Å². The smallest absolute Gasteiger partial charge is 0.255 e. The van der Waals surface area contributed by atoms with Crippen molar-refractivity contribution in [3.8, 4) is 11.6 Å². The maximum atomic E-state index is 13.0. The lowest BCUT2D eigenvalue weighted by Gasteiger charge is -2.47. The highest BCUT2D eigenvalue weighted by molar-refractivity contribution is 6.05. The number of aromatic nitrogens is 2. The third-order valence-corrected chi connectivity index (χ3v) is 7.62. The maximum absolute atomic E-state index is 13.0. The molecule has 3 fully saturated rings. The Balaban J connectivity index is 1.09.